The summed E-state index contributed by atoms with van der Waals surface area (Å²) in [4.78, 5) is 31.4. The molecule has 0 spiro atoms. The molecule has 2 fully saturated rings. The number of halogens is 3. The summed E-state index contributed by atoms with van der Waals surface area (Å²) < 4.78 is 40.7. The highest BCUT2D eigenvalue weighted by Gasteiger charge is 2.38. The van der Waals surface area contributed by atoms with Crippen molar-refractivity contribution in [3.8, 4) is 11.3 Å². The number of ketones is 1. The van der Waals surface area contributed by atoms with Crippen LogP contribution in [-0.2, 0) is 23.6 Å². The molecule has 1 aromatic heterocycles. The van der Waals surface area contributed by atoms with Crippen molar-refractivity contribution in [1.82, 2.24) is 19.8 Å². The Balaban J connectivity index is 1.07. The van der Waals surface area contributed by atoms with Crippen molar-refractivity contribution in [3.05, 3.63) is 77.7 Å². The zero-order chi connectivity index (χ0) is 29.2. The average molecular weight is 569 g/mol. The highest BCUT2D eigenvalue weighted by molar-refractivity contribution is 5.96. The van der Waals surface area contributed by atoms with Crippen molar-refractivity contribution in [3.63, 3.8) is 0 Å². The molecule has 0 unspecified atom stereocenters. The first kappa shape index (κ1) is 29.0. The Morgan fingerprint density at radius 3 is 2.49 bits per heavy atom. The number of hydrogen-bond donors (Lipinski definition) is 2. The van der Waals surface area contributed by atoms with Gasteiger partial charge in [0.25, 0.3) is 5.91 Å². The highest BCUT2D eigenvalue weighted by Crippen LogP contribution is 2.40. The van der Waals surface area contributed by atoms with Crippen LogP contribution in [0.1, 0.15) is 60.0 Å². The van der Waals surface area contributed by atoms with E-state index in [0.29, 0.717) is 25.3 Å². The Kier molecular flexibility index (Phi) is 8.33. The first-order chi connectivity index (χ1) is 19.5. The molecule has 218 valence electrons. The maximum absolute atomic E-state index is 12.9. The Hall–Kier alpha value is -3.50. The third-order valence-electron chi connectivity index (χ3n) is 8.57. The van der Waals surface area contributed by atoms with E-state index in [4.69, 9.17) is 0 Å². The summed E-state index contributed by atoms with van der Waals surface area (Å²) in [6.07, 6.45) is 3.32. The van der Waals surface area contributed by atoms with Crippen LogP contribution in [0.25, 0.3) is 11.3 Å². The number of nitrogens with zero attached hydrogens (tertiary/aromatic N) is 3. The number of amides is 1. The summed E-state index contributed by atoms with van der Waals surface area (Å²) >= 11 is 0. The number of likely N-dealkylation sites (tertiary alicyclic amines) is 1. The Bertz CT molecular complexity index is 1380. The summed E-state index contributed by atoms with van der Waals surface area (Å²) in [5.41, 5.74) is 1.13. The summed E-state index contributed by atoms with van der Waals surface area (Å²) in [5.74, 6) is -0.656. The van der Waals surface area contributed by atoms with Gasteiger partial charge in [0.05, 0.1) is 35.9 Å². The fraction of sp³-hybridized carbons (Fsp3) is 0.452. The molecule has 0 bridgehead atoms. The van der Waals surface area contributed by atoms with Gasteiger partial charge in [-0.2, -0.15) is 13.2 Å². The summed E-state index contributed by atoms with van der Waals surface area (Å²) in [7, 11) is 1.95. The van der Waals surface area contributed by atoms with Gasteiger partial charge in [-0.15, -0.1) is 0 Å². The second kappa shape index (κ2) is 11.8. The molecule has 0 radical (unpaired) electrons. The normalized spacial score (nSPS) is 23.4. The number of aliphatic hydroxyl groups is 1. The van der Waals surface area contributed by atoms with E-state index < -0.39 is 23.2 Å². The van der Waals surface area contributed by atoms with E-state index in [9.17, 15) is 27.9 Å². The van der Waals surface area contributed by atoms with Gasteiger partial charge in [-0.1, -0.05) is 30.3 Å². The molecule has 41 heavy (non-hydrogen) atoms. The second-order valence-corrected chi connectivity index (χ2v) is 11.4. The van der Waals surface area contributed by atoms with Crippen molar-refractivity contribution < 1.29 is 27.9 Å². The van der Waals surface area contributed by atoms with Crippen molar-refractivity contribution in [1.29, 1.82) is 0 Å². The van der Waals surface area contributed by atoms with Gasteiger partial charge in [0.15, 0.2) is 5.78 Å². The molecular weight excluding hydrogens is 533 g/mol. The maximum Gasteiger partial charge on any atom is 0.416 e. The van der Waals surface area contributed by atoms with E-state index >= 15 is 0 Å². The van der Waals surface area contributed by atoms with E-state index in [1.165, 1.54) is 12.1 Å². The number of carbonyl (C=O) groups is 2. The molecule has 3 aromatic rings. The molecule has 2 N–H and O–H groups in total. The predicted molar refractivity (Wildman–Crippen MR) is 148 cm³/mol. The number of Topliss-reactive ketones (excluding diaryl/α,β-unsaturated/α-hetero) is 1. The molecule has 2 heterocycles. The molecule has 2 aliphatic rings. The average Bonchev–Trinajstić information content (AvgIpc) is 3.61. The monoisotopic (exact) mass is 568 g/mol. The zero-order valence-corrected chi connectivity index (χ0v) is 23.0. The highest BCUT2D eigenvalue weighted by atomic mass is 19.4. The quantitative estimate of drug-likeness (QED) is 0.402. The summed E-state index contributed by atoms with van der Waals surface area (Å²) in [6, 6.07) is 12.6. The van der Waals surface area contributed by atoms with Crippen molar-refractivity contribution in [2.75, 3.05) is 19.6 Å². The number of aryl methyl sites for hydroxylation is 1. The van der Waals surface area contributed by atoms with E-state index in [0.717, 1.165) is 61.3 Å². The van der Waals surface area contributed by atoms with Gasteiger partial charge in [0.1, 0.15) is 0 Å². The second-order valence-electron chi connectivity index (χ2n) is 11.4. The van der Waals surface area contributed by atoms with E-state index in [-0.39, 0.29) is 23.8 Å². The number of hydrogen-bond acceptors (Lipinski definition) is 5. The largest absolute Gasteiger partial charge is 0.416 e. The number of benzene rings is 2. The van der Waals surface area contributed by atoms with Gasteiger partial charge in [-0.25, -0.2) is 4.98 Å². The van der Waals surface area contributed by atoms with Crippen LogP contribution in [0.2, 0.25) is 0 Å². The van der Waals surface area contributed by atoms with Crippen LogP contribution in [0.5, 0.6) is 0 Å². The lowest BCUT2D eigenvalue weighted by Gasteiger charge is -2.40. The van der Waals surface area contributed by atoms with Crippen LogP contribution in [-0.4, -0.2) is 56.9 Å². The predicted octanol–water partition coefficient (Wildman–Crippen LogP) is 4.95. The molecule has 1 saturated heterocycles. The van der Waals surface area contributed by atoms with Crippen LogP contribution in [0.4, 0.5) is 13.2 Å². The van der Waals surface area contributed by atoms with Crippen LogP contribution < -0.4 is 5.32 Å². The number of nitrogens with one attached hydrogen (secondary N) is 1. The molecule has 1 saturated carbocycles. The lowest BCUT2D eigenvalue weighted by atomic mass is 9.77. The van der Waals surface area contributed by atoms with Crippen LogP contribution in [0.3, 0.4) is 0 Å². The van der Waals surface area contributed by atoms with Crippen molar-refractivity contribution in [2.45, 2.75) is 56.3 Å². The summed E-state index contributed by atoms with van der Waals surface area (Å²) in [5, 5.41) is 13.9. The van der Waals surface area contributed by atoms with Gasteiger partial charge in [0.2, 0.25) is 0 Å². The number of rotatable bonds is 8. The molecule has 10 heteroatoms. The molecule has 1 atom stereocenters. The topological polar surface area (TPSA) is 87.5 Å². The first-order valence-electron chi connectivity index (χ1n) is 14.0. The fourth-order valence-corrected chi connectivity index (χ4v) is 6.19. The lowest BCUT2D eigenvalue weighted by Crippen LogP contribution is -2.41. The van der Waals surface area contributed by atoms with Crippen LogP contribution >= 0.6 is 0 Å². The Labute approximate surface area is 237 Å². The first-order valence-corrected chi connectivity index (χ1v) is 14.0. The fourth-order valence-electron chi connectivity index (χ4n) is 6.19. The Morgan fingerprint density at radius 1 is 1.10 bits per heavy atom. The minimum absolute atomic E-state index is 0.124. The van der Waals surface area contributed by atoms with E-state index in [1.54, 1.807) is 6.33 Å². The summed E-state index contributed by atoms with van der Waals surface area (Å²) in [6.45, 7) is 1.47. The van der Waals surface area contributed by atoms with E-state index in [2.05, 4.69) is 15.2 Å². The number of alkyl halides is 3. The molecule has 1 aliphatic heterocycles. The molecule has 1 amide bonds. The third-order valence-corrected chi connectivity index (χ3v) is 8.57. The van der Waals surface area contributed by atoms with Gasteiger partial charge >= 0.3 is 6.18 Å². The zero-order valence-electron chi connectivity index (χ0n) is 23.0. The number of aromatic nitrogens is 2. The SMILES string of the molecule is Cn1cncc1-c1ccc(C2(O)CCC(N3CC[C@@H](CC(=O)CNC(=O)c4cccc(C(F)(F)F)c4)C3)CC2)cc1. The van der Waals surface area contributed by atoms with Crippen molar-refractivity contribution in [2.24, 2.45) is 13.0 Å². The molecule has 2 aromatic carbocycles. The van der Waals surface area contributed by atoms with Crippen molar-refractivity contribution >= 4 is 11.7 Å². The molecule has 7 nitrogen and oxygen atoms in total. The Morgan fingerprint density at radius 2 is 1.83 bits per heavy atom. The third kappa shape index (κ3) is 6.70. The number of imidazole rings is 1. The molecular formula is C31H35F3N4O3. The van der Waals surface area contributed by atoms with Gasteiger partial charge in [-0.3, -0.25) is 9.59 Å². The molecule has 1 aliphatic carbocycles. The van der Waals surface area contributed by atoms with E-state index in [1.807, 2.05) is 42.1 Å². The van der Waals surface area contributed by atoms with Gasteiger partial charge in [-0.05, 0) is 73.9 Å². The minimum atomic E-state index is -4.54. The van der Waals surface area contributed by atoms with Gasteiger partial charge < -0.3 is 19.9 Å². The van der Waals surface area contributed by atoms with Crippen LogP contribution in [0, 0.1) is 5.92 Å². The van der Waals surface area contributed by atoms with Gasteiger partial charge in [0, 0.05) is 31.6 Å². The number of carbonyl (C=O) groups excluding carboxylic acids is 2. The smallest absolute Gasteiger partial charge is 0.385 e. The minimum Gasteiger partial charge on any atom is -0.385 e. The van der Waals surface area contributed by atoms with Crippen LogP contribution in [0.15, 0.2) is 61.1 Å². The lowest BCUT2D eigenvalue weighted by molar-refractivity contribution is -0.137. The maximum atomic E-state index is 12.9. The standard InChI is InChI=1S/C31H35F3N4O3/c1-37-20-35-18-28(37)22-5-7-24(8-6-22)30(41)12-9-26(10-13-30)38-14-11-21(19-38)15-27(39)17-36-29(40)23-3-2-4-25(16-23)31(32,33)34/h2-8,16,18,20-21,26,41H,9-15,17,19H2,1H3,(H,36,40)/t21-,26?,30?/m0/s1. The molecule has 5 rings (SSSR count).